The van der Waals surface area contributed by atoms with Crippen molar-refractivity contribution in [3.05, 3.63) is 65.5 Å². The third-order valence-corrected chi connectivity index (χ3v) is 8.40. The SMILES string of the molecule is O=C(CSc1ccccc1C(=O)NNC(=O)c1ccc(F)cc1)NC12CC3CC(CC(C3)C1)C2. The van der Waals surface area contributed by atoms with Crippen LogP contribution in [0.2, 0.25) is 0 Å². The van der Waals surface area contributed by atoms with E-state index in [1.165, 1.54) is 55.3 Å². The Balaban J connectivity index is 1.16. The van der Waals surface area contributed by atoms with Crippen LogP contribution in [0.3, 0.4) is 0 Å². The lowest BCUT2D eigenvalue weighted by molar-refractivity contribution is -0.124. The van der Waals surface area contributed by atoms with Crippen LogP contribution in [0, 0.1) is 23.6 Å². The quantitative estimate of drug-likeness (QED) is 0.429. The second-order valence-electron chi connectivity index (χ2n) is 9.95. The number of thioether (sulfide) groups is 1. The van der Waals surface area contributed by atoms with E-state index in [9.17, 15) is 18.8 Å². The first kappa shape index (κ1) is 22.9. The molecule has 0 atom stereocenters. The van der Waals surface area contributed by atoms with Crippen LogP contribution in [-0.4, -0.2) is 29.0 Å². The zero-order valence-corrected chi connectivity index (χ0v) is 19.6. The van der Waals surface area contributed by atoms with Crippen molar-refractivity contribution in [2.45, 2.75) is 49.0 Å². The Morgan fingerprint density at radius 1 is 0.853 bits per heavy atom. The lowest BCUT2D eigenvalue weighted by Crippen LogP contribution is -2.60. The number of carbonyl (C=O) groups excluding carboxylic acids is 3. The van der Waals surface area contributed by atoms with Crippen molar-refractivity contribution in [2.24, 2.45) is 17.8 Å². The predicted molar refractivity (Wildman–Crippen MR) is 128 cm³/mol. The van der Waals surface area contributed by atoms with Gasteiger partial charge in [0.05, 0.1) is 11.3 Å². The van der Waals surface area contributed by atoms with Crippen molar-refractivity contribution in [1.29, 1.82) is 0 Å². The van der Waals surface area contributed by atoms with Gasteiger partial charge in [-0.15, -0.1) is 11.8 Å². The predicted octanol–water partition coefficient (Wildman–Crippen LogP) is 4.08. The molecule has 4 aliphatic rings. The zero-order valence-electron chi connectivity index (χ0n) is 18.8. The van der Waals surface area contributed by atoms with Crippen LogP contribution in [-0.2, 0) is 4.79 Å². The van der Waals surface area contributed by atoms with E-state index < -0.39 is 17.6 Å². The summed E-state index contributed by atoms with van der Waals surface area (Å²) in [7, 11) is 0. The number of benzene rings is 2. The molecule has 0 radical (unpaired) electrons. The molecule has 6 nitrogen and oxygen atoms in total. The molecular formula is C26H28FN3O3S. The third-order valence-electron chi connectivity index (χ3n) is 7.33. The van der Waals surface area contributed by atoms with Crippen molar-refractivity contribution in [3.8, 4) is 0 Å². The minimum atomic E-state index is -0.548. The maximum Gasteiger partial charge on any atom is 0.270 e. The Morgan fingerprint density at radius 2 is 1.44 bits per heavy atom. The molecular weight excluding hydrogens is 453 g/mol. The number of carbonyl (C=O) groups is 3. The summed E-state index contributed by atoms with van der Waals surface area (Å²) in [6.07, 6.45) is 7.27. The van der Waals surface area contributed by atoms with Crippen molar-refractivity contribution < 1.29 is 18.8 Å². The van der Waals surface area contributed by atoms with E-state index in [0.717, 1.165) is 37.0 Å². The molecule has 0 saturated heterocycles. The fourth-order valence-corrected chi connectivity index (χ4v) is 7.22. The van der Waals surface area contributed by atoms with E-state index in [1.807, 2.05) is 6.07 Å². The highest BCUT2D eigenvalue weighted by molar-refractivity contribution is 8.00. The van der Waals surface area contributed by atoms with Crippen LogP contribution in [0.1, 0.15) is 59.2 Å². The number of amides is 3. The molecule has 8 heteroatoms. The Bertz CT molecular complexity index is 1070. The zero-order chi connectivity index (χ0) is 23.7. The van der Waals surface area contributed by atoms with E-state index in [1.54, 1.807) is 18.2 Å². The Kier molecular flexibility index (Phi) is 6.34. The average Bonchev–Trinajstić information content (AvgIpc) is 2.80. The fraction of sp³-hybridized carbons (Fsp3) is 0.423. The van der Waals surface area contributed by atoms with E-state index >= 15 is 0 Å². The second-order valence-corrected chi connectivity index (χ2v) is 11.0. The van der Waals surface area contributed by atoms with Crippen molar-refractivity contribution in [1.82, 2.24) is 16.2 Å². The molecule has 4 saturated carbocycles. The number of hydrogen-bond donors (Lipinski definition) is 3. The smallest absolute Gasteiger partial charge is 0.270 e. The molecule has 0 aromatic heterocycles. The molecule has 6 rings (SSSR count). The number of nitrogens with one attached hydrogen (secondary N) is 3. The number of halogens is 1. The molecule has 0 unspecified atom stereocenters. The Hall–Kier alpha value is -2.87. The molecule has 0 spiro atoms. The summed E-state index contributed by atoms with van der Waals surface area (Å²) in [5.74, 6) is 1.03. The molecule has 2 aromatic rings. The molecule has 2 aromatic carbocycles. The maximum atomic E-state index is 13.0. The van der Waals surface area contributed by atoms with E-state index in [-0.39, 0.29) is 22.8 Å². The summed E-state index contributed by atoms with van der Waals surface area (Å²) in [6.45, 7) is 0. The van der Waals surface area contributed by atoms with E-state index in [0.29, 0.717) is 10.5 Å². The summed E-state index contributed by atoms with van der Waals surface area (Å²) in [5.41, 5.74) is 5.31. The van der Waals surface area contributed by atoms with Crippen molar-refractivity contribution in [2.75, 3.05) is 5.75 Å². The number of rotatable bonds is 6. The average molecular weight is 482 g/mol. The summed E-state index contributed by atoms with van der Waals surface area (Å²) < 4.78 is 13.0. The second kappa shape index (κ2) is 9.41. The van der Waals surface area contributed by atoms with Gasteiger partial charge in [0.1, 0.15) is 5.82 Å². The lowest BCUT2D eigenvalue weighted by atomic mass is 9.53. The summed E-state index contributed by atoms with van der Waals surface area (Å²) in [5, 5.41) is 3.36. The van der Waals surface area contributed by atoms with Gasteiger partial charge in [-0.3, -0.25) is 25.2 Å². The topological polar surface area (TPSA) is 87.3 Å². The van der Waals surface area contributed by atoms with Gasteiger partial charge in [-0.1, -0.05) is 12.1 Å². The Morgan fingerprint density at radius 3 is 2.09 bits per heavy atom. The molecule has 3 N–H and O–H groups in total. The van der Waals surface area contributed by atoms with Crippen LogP contribution in [0.15, 0.2) is 53.4 Å². The number of hydrazine groups is 1. The summed E-state index contributed by atoms with van der Waals surface area (Å²) >= 11 is 1.32. The largest absolute Gasteiger partial charge is 0.350 e. The molecule has 0 heterocycles. The normalized spacial score (nSPS) is 26.7. The van der Waals surface area contributed by atoms with Gasteiger partial charge in [-0.05, 0) is 92.7 Å². The van der Waals surface area contributed by atoms with Gasteiger partial charge < -0.3 is 5.32 Å². The highest BCUT2D eigenvalue weighted by Crippen LogP contribution is 2.55. The van der Waals surface area contributed by atoms with Gasteiger partial charge in [-0.2, -0.15) is 0 Å². The van der Waals surface area contributed by atoms with Gasteiger partial charge in [0.15, 0.2) is 0 Å². The molecule has 34 heavy (non-hydrogen) atoms. The van der Waals surface area contributed by atoms with Crippen molar-refractivity contribution >= 4 is 29.5 Å². The van der Waals surface area contributed by atoms with E-state index in [2.05, 4.69) is 16.2 Å². The highest BCUT2D eigenvalue weighted by atomic mass is 32.2. The minimum Gasteiger partial charge on any atom is -0.350 e. The van der Waals surface area contributed by atoms with Gasteiger partial charge in [-0.25, -0.2) is 4.39 Å². The van der Waals surface area contributed by atoms with Crippen LogP contribution in [0.5, 0.6) is 0 Å². The molecule has 178 valence electrons. The van der Waals surface area contributed by atoms with Crippen molar-refractivity contribution in [3.63, 3.8) is 0 Å². The van der Waals surface area contributed by atoms with Gasteiger partial charge >= 0.3 is 0 Å². The van der Waals surface area contributed by atoms with Crippen LogP contribution >= 0.6 is 11.8 Å². The monoisotopic (exact) mass is 481 g/mol. The first-order valence-electron chi connectivity index (χ1n) is 11.8. The first-order valence-corrected chi connectivity index (χ1v) is 12.8. The molecule has 4 aliphatic carbocycles. The van der Waals surface area contributed by atoms with Gasteiger partial charge in [0.2, 0.25) is 5.91 Å². The Labute approximate surface area is 202 Å². The third kappa shape index (κ3) is 4.97. The first-order chi connectivity index (χ1) is 16.4. The van der Waals surface area contributed by atoms with Crippen LogP contribution in [0.25, 0.3) is 0 Å². The summed E-state index contributed by atoms with van der Waals surface area (Å²) in [6, 6.07) is 12.0. The van der Waals surface area contributed by atoms with E-state index in [4.69, 9.17) is 0 Å². The standard InChI is InChI=1S/C26H28FN3O3S/c27-20-7-5-19(6-8-20)24(32)29-30-25(33)21-3-1-2-4-22(21)34-15-23(31)28-26-12-16-9-17(13-26)11-18(10-16)14-26/h1-8,16-18H,9-15H2,(H,28,31)(H,29,32)(H,30,33). The van der Waals surface area contributed by atoms with Crippen LogP contribution in [0.4, 0.5) is 4.39 Å². The maximum absolute atomic E-state index is 13.0. The lowest BCUT2D eigenvalue weighted by Gasteiger charge is -2.56. The molecule has 0 aliphatic heterocycles. The van der Waals surface area contributed by atoms with Gasteiger partial charge in [0, 0.05) is 16.0 Å². The summed E-state index contributed by atoms with van der Waals surface area (Å²) in [4.78, 5) is 38.4. The van der Waals surface area contributed by atoms with Gasteiger partial charge in [0.25, 0.3) is 11.8 Å². The molecule has 4 bridgehead atoms. The van der Waals surface area contributed by atoms with Crippen LogP contribution < -0.4 is 16.2 Å². The minimum absolute atomic E-state index is 0.00627. The highest BCUT2D eigenvalue weighted by Gasteiger charge is 2.51. The molecule has 3 amide bonds. The fourth-order valence-electron chi connectivity index (χ4n) is 6.37. The molecule has 4 fully saturated rings. The number of hydrogen-bond acceptors (Lipinski definition) is 4.